The van der Waals surface area contributed by atoms with Gasteiger partial charge < -0.3 is 14.8 Å². The van der Waals surface area contributed by atoms with E-state index < -0.39 is 5.72 Å². The number of ether oxygens (including phenoxy) is 2. The Morgan fingerprint density at radius 1 is 1.32 bits per heavy atom. The number of nitrogens with one attached hydrogen (secondary N) is 1. The Morgan fingerprint density at radius 2 is 2.12 bits per heavy atom. The fourth-order valence-electron chi connectivity index (χ4n) is 3.68. The molecule has 1 fully saturated rings. The maximum absolute atomic E-state index is 13.0. The summed E-state index contributed by atoms with van der Waals surface area (Å²) in [6, 6.07) is 11.4. The Kier molecular flexibility index (Phi) is 3.68. The van der Waals surface area contributed by atoms with Crippen molar-refractivity contribution in [2.75, 3.05) is 12.0 Å². The smallest absolute Gasteiger partial charge is 0.325 e. The number of nitrogens with zero attached hydrogens (tertiary/aromatic N) is 1. The normalized spacial score (nSPS) is 24.2. The molecule has 6 heteroatoms. The Balaban J connectivity index is 1.83. The second-order valence-electron chi connectivity index (χ2n) is 6.68. The summed E-state index contributed by atoms with van der Waals surface area (Å²) in [5, 5.41) is 3.11. The predicted molar refractivity (Wildman–Crippen MR) is 99.3 cm³/mol. The van der Waals surface area contributed by atoms with Gasteiger partial charge in [-0.3, -0.25) is 4.90 Å². The fourth-order valence-corrected chi connectivity index (χ4v) is 4.06. The van der Waals surface area contributed by atoms with E-state index in [-0.39, 0.29) is 12.1 Å². The third-order valence-corrected chi connectivity index (χ3v) is 5.30. The highest BCUT2D eigenvalue weighted by molar-refractivity contribution is 9.10. The van der Waals surface area contributed by atoms with Crippen molar-refractivity contribution in [3.63, 3.8) is 0 Å². The quantitative estimate of drug-likeness (QED) is 0.802. The van der Waals surface area contributed by atoms with E-state index in [1.807, 2.05) is 50.2 Å². The average molecular weight is 403 g/mol. The van der Waals surface area contributed by atoms with Crippen molar-refractivity contribution in [1.29, 1.82) is 0 Å². The van der Waals surface area contributed by atoms with Crippen LogP contribution in [0.2, 0.25) is 0 Å². The van der Waals surface area contributed by atoms with Crippen LogP contribution in [0.1, 0.15) is 30.5 Å². The largest absolute Gasteiger partial charge is 0.495 e. The standard InChI is InChI=1S/C19H19BrN2O3/c1-11-4-6-17(24-3)15(8-11)22-18(23)21-14-10-19(22,2)25-16-7-5-12(20)9-13(14)16/h4-9,14H,10H2,1-3H3,(H,21,23)/t14-,19-/m1/s1. The van der Waals surface area contributed by atoms with Gasteiger partial charge in [0.15, 0.2) is 5.72 Å². The predicted octanol–water partition coefficient (Wildman–Crippen LogP) is 4.54. The molecular weight excluding hydrogens is 384 g/mol. The summed E-state index contributed by atoms with van der Waals surface area (Å²) < 4.78 is 12.8. The molecule has 1 N–H and O–H groups in total. The van der Waals surface area contributed by atoms with E-state index in [4.69, 9.17) is 9.47 Å². The number of anilines is 1. The fraction of sp³-hybridized carbons (Fsp3) is 0.316. The number of benzene rings is 2. The van der Waals surface area contributed by atoms with Gasteiger partial charge in [0.25, 0.3) is 0 Å². The first-order valence-corrected chi connectivity index (χ1v) is 8.94. The second-order valence-corrected chi connectivity index (χ2v) is 7.59. The molecule has 130 valence electrons. The molecule has 0 aromatic heterocycles. The lowest BCUT2D eigenvalue weighted by Crippen LogP contribution is -2.65. The zero-order chi connectivity index (χ0) is 17.8. The molecule has 4 rings (SSSR count). The maximum atomic E-state index is 13.0. The van der Waals surface area contributed by atoms with Gasteiger partial charge in [0, 0.05) is 16.5 Å². The highest BCUT2D eigenvalue weighted by atomic mass is 79.9. The van der Waals surface area contributed by atoms with Gasteiger partial charge in [-0.15, -0.1) is 0 Å². The molecule has 0 unspecified atom stereocenters. The van der Waals surface area contributed by atoms with Crippen molar-refractivity contribution in [2.24, 2.45) is 0 Å². The molecule has 2 heterocycles. The lowest BCUT2D eigenvalue weighted by atomic mass is 9.90. The van der Waals surface area contributed by atoms with Crippen LogP contribution >= 0.6 is 15.9 Å². The molecule has 0 aliphatic carbocycles. The van der Waals surface area contributed by atoms with Crippen molar-refractivity contribution >= 4 is 27.6 Å². The zero-order valence-electron chi connectivity index (χ0n) is 14.3. The summed E-state index contributed by atoms with van der Waals surface area (Å²) in [6.07, 6.45) is 0.652. The number of carbonyl (C=O) groups is 1. The Labute approximate surface area is 155 Å². The highest BCUT2D eigenvalue weighted by Gasteiger charge is 2.50. The van der Waals surface area contributed by atoms with E-state index in [1.54, 1.807) is 12.0 Å². The molecule has 0 spiro atoms. The molecule has 25 heavy (non-hydrogen) atoms. The summed E-state index contributed by atoms with van der Waals surface area (Å²) in [4.78, 5) is 14.6. The van der Waals surface area contributed by atoms with E-state index in [0.29, 0.717) is 17.9 Å². The first kappa shape index (κ1) is 16.3. The topological polar surface area (TPSA) is 50.8 Å². The number of aryl methyl sites for hydroxylation is 1. The number of amides is 2. The summed E-state index contributed by atoms with van der Waals surface area (Å²) in [5.74, 6) is 1.43. The summed E-state index contributed by atoms with van der Waals surface area (Å²) >= 11 is 3.49. The van der Waals surface area contributed by atoms with E-state index in [0.717, 1.165) is 21.3 Å². The van der Waals surface area contributed by atoms with Crippen LogP contribution in [0.15, 0.2) is 40.9 Å². The number of hydrogen-bond acceptors (Lipinski definition) is 3. The van der Waals surface area contributed by atoms with Crippen LogP contribution in [0.4, 0.5) is 10.5 Å². The number of urea groups is 1. The van der Waals surface area contributed by atoms with Crippen LogP contribution in [-0.2, 0) is 0 Å². The van der Waals surface area contributed by atoms with E-state index in [9.17, 15) is 4.79 Å². The molecule has 1 saturated heterocycles. The molecule has 2 atom stereocenters. The third-order valence-electron chi connectivity index (χ3n) is 4.81. The number of carbonyl (C=O) groups excluding carboxylic acids is 1. The van der Waals surface area contributed by atoms with Crippen molar-refractivity contribution in [3.05, 3.63) is 52.0 Å². The van der Waals surface area contributed by atoms with Crippen LogP contribution in [0.25, 0.3) is 0 Å². The average Bonchev–Trinajstić information content (AvgIpc) is 2.55. The number of hydrogen-bond donors (Lipinski definition) is 1. The molecule has 5 nitrogen and oxygen atoms in total. The zero-order valence-corrected chi connectivity index (χ0v) is 15.9. The molecule has 2 amide bonds. The van der Waals surface area contributed by atoms with Gasteiger partial charge in [-0.1, -0.05) is 22.0 Å². The maximum Gasteiger partial charge on any atom is 0.325 e. The minimum atomic E-state index is -0.783. The summed E-state index contributed by atoms with van der Waals surface area (Å²) in [5.41, 5.74) is 1.97. The number of halogens is 1. The van der Waals surface area contributed by atoms with Gasteiger partial charge in [0.1, 0.15) is 11.5 Å². The molecule has 2 aliphatic rings. The lowest BCUT2D eigenvalue weighted by Gasteiger charge is -2.50. The third kappa shape index (κ3) is 2.56. The van der Waals surface area contributed by atoms with Gasteiger partial charge >= 0.3 is 6.03 Å². The van der Waals surface area contributed by atoms with Crippen LogP contribution in [0.5, 0.6) is 11.5 Å². The Morgan fingerprint density at radius 3 is 2.88 bits per heavy atom. The highest BCUT2D eigenvalue weighted by Crippen LogP contribution is 2.47. The van der Waals surface area contributed by atoms with Gasteiger partial charge in [-0.2, -0.15) is 0 Å². The van der Waals surface area contributed by atoms with Gasteiger partial charge in [-0.25, -0.2) is 4.79 Å². The van der Waals surface area contributed by atoms with Crippen molar-refractivity contribution in [1.82, 2.24) is 5.32 Å². The van der Waals surface area contributed by atoms with E-state index >= 15 is 0 Å². The first-order chi connectivity index (χ1) is 11.9. The van der Waals surface area contributed by atoms with Crippen molar-refractivity contribution in [3.8, 4) is 11.5 Å². The minimum absolute atomic E-state index is 0.0780. The molecular formula is C19H19BrN2O3. The van der Waals surface area contributed by atoms with Crippen molar-refractivity contribution < 1.29 is 14.3 Å². The van der Waals surface area contributed by atoms with Crippen LogP contribution in [0, 0.1) is 6.92 Å². The summed E-state index contributed by atoms with van der Waals surface area (Å²) in [7, 11) is 1.61. The molecule has 2 aromatic carbocycles. The number of methoxy groups -OCH3 is 1. The van der Waals surface area contributed by atoms with E-state index in [1.165, 1.54) is 0 Å². The van der Waals surface area contributed by atoms with Crippen LogP contribution < -0.4 is 19.7 Å². The molecule has 2 aliphatic heterocycles. The van der Waals surface area contributed by atoms with Gasteiger partial charge in [0.2, 0.25) is 0 Å². The van der Waals surface area contributed by atoms with Gasteiger partial charge in [0.05, 0.1) is 18.8 Å². The van der Waals surface area contributed by atoms with Crippen LogP contribution in [-0.4, -0.2) is 18.9 Å². The molecule has 0 radical (unpaired) electrons. The Hall–Kier alpha value is -2.21. The molecule has 2 bridgehead atoms. The second kappa shape index (κ2) is 5.66. The Bertz CT molecular complexity index is 870. The monoisotopic (exact) mass is 402 g/mol. The van der Waals surface area contributed by atoms with Crippen LogP contribution in [0.3, 0.4) is 0 Å². The van der Waals surface area contributed by atoms with E-state index in [2.05, 4.69) is 21.2 Å². The molecule has 0 saturated carbocycles. The van der Waals surface area contributed by atoms with Gasteiger partial charge in [-0.05, 0) is 49.7 Å². The minimum Gasteiger partial charge on any atom is -0.495 e. The lowest BCUT2D eigenvalue weighted by molar-refractivity contribution is 0.0374. The summed E-state index contributed by atoms with van der Waals surface area (Å²) in [6.45, 7) is 3.94. The number of rotatable bonds is 2. The molecule has 2 aromatic rings. The first-order valence-electron chi connectivity index (χ1n) is 8.15. The SMILES string of the molecule is COc1ccc(C)cc1N1C(=O)N[C@@H]2C[C@@]1(C)Oc1ccc(Br)cc12. The number of fused-ring (bicyclic) bond motifs is 4. The van der Waals surface area contributed by atoms with Crippen molar-refractivity contribution in [2.45, 2.75) is 32.0 Å².